The van der Waals surface area contributed by atoms with Crippen LogP contribution in [0.15, 0.2) is 95.4 Å². The van der Waals surface area contributed by atoms with Gasteiger partial charge in [0.2, 0.25) is 0 Å². The Kier molecular flexibility index (Phi) is 6.72. The molecule has 0 bridgehead atoms. The Morgan fingerprint density at radius 1 is 0.929 bits per heavy atom. The summed E-state index contributed by atoms with van der Waals surface area (Å²) in [6.07, 6.45) is 7.17. The molecule has 1 radical (unpaired) electrons. The molecule has 2 atom stereocenters. The minimum absolute atomic E-state index is 0.248. The largest absolute Gasteiger partial charge is 0.477 e. The van der Waals surface area contributed by atoms with Crippen molar-refractivity contribution in [3.63, 3.8) is 0 Å². The smallest absolute Gasteiger partial charge is 0.346 e. The molecular formula is C37H29N2O2S. The lowest BCUT2D eigenvalue weighted by molar-refractivity contribution is -0.132. The number of nitrogens with zero attached hydrogens (tertiary/aromatic N) is 2. The van der Waals surface area contributed by atoms with Crippen LogP contribution in [-0.2, 0) is 4.79 Å². The molecule has 42 heavy (non-hydrogen) atoms. The SMILES string of the molecule is C[CH]Sc1ccc(/C=C2\c3ccccc3-c3ccc(N4c5ccc(/C=C(\C#N)C(=O)O)cc5C5CCCC54)cc32)cc1. The molecule has 1 fully saturated rings. The van der Waals surface area contributed by atoms with Crippen molar-refractivity contribution < 1.29 is 9.90 Å². The Labute approximate surface area is 250 Å². The van der Waals surface area contributed by atoms with Crippen LogP contribution in [0.25, 0.3) is 28.9 Å². The lowest BCUT2D eigenvalue weighted by atomic mass is 9.95. The Morgan fingerprint density at radius 2 is 1.69 bits per heavy atom. The van der Waals surface area contributed by atoms with E-state index in [0.717, 1.165) is 24.8 Å². The summed E-state index contributed by atoms with van der Waals surface area (Å²) in [5.74, 6) is 1.29. The second-order valence-electron chi connectivity index (χ2n) is 11.0. The third-order valence-electron chi connectivity index (χ3n) is 8.71. The molecule has 0 aromatic heterocycles. The number of fused-ring (bicyclic) bond motifs is 6. The summed E-state index contributed by atoms with van der Waals surface area (Å²) in [5.41, 5.74) is 11.6. The fourth-order valence-electron chi connectivity index (χ4n) is 6.95. The molecule has 0 amide bonds. The molecule has 3 aliphatic rings. The molecular weight excluding hydrogens is 536 g/mol. The van der Waals surface area contributed by atoms with Gasteiger partial charge in [-0.15, -0.1) is 11.8 Å². The summed E-state index contributed by atoms with van der Waals surface area (Å²) >= 11 is 1.73. The number of benzene rings is 4. The minimum Gasteiger partial charge on any atom is -0.477 e. The van der Waals surface area contributed by atoms with Crippen molar-refractivity contribution in [2.75, 3.05) is 4.90 Å². The molecule has 2 aliphatic carbocycles. The Morgan fingerprint density at radius 3 is 2.45 bits per heavy atom. The monoisotopic (exact) mass is 565 g/mol. The van der Waals surface area contributed by atoms with E-state index in [0.29, 0.717) is 12.0 Å². The first-order valence-electron chi connectivity index (χ1n) is 14.3. The van der Waals surface area contributed by atoms with E-state index in [-0.39, 0.29) is 5.57 Å². The molecule has 1 heterocycles. The molecule has 4 aromatic carbocycles. The van der Waals surface area contributed by atoms with Crippen molar-refractivity contribution in [1.29, 1.82) is 5.26 Å². The number of thioether (sulfide) groups is 1. The van der Waals surface area contributed by atoms with Crippen molar-refractivity contribution in [2.24, 2.45) is 0 Å². The first-order chi connectivity index (χ1) is 20.6. The van der Waals surface area contributed by atoms with E-state index in [1.165, 1.54) is 61.3 Å². The number of nitriles is 1. The number of carboxylic acid groups (broad SMARTS) is 1. The van der Waals surface area contributed by atoms with E-state index in [1.54, 1.807) is 17.8 Å². The summed E-state index contributed by atoms with van der Waals surface area (Å²) in [4.78, 5) is 15.2. The van der Waals surface area contributed by atoms with Crippen molar-refractivity contribution in [3.05, 3.63) is 124 Å². The van der Waals surface area contributed by atoms with Gasteiger partial charge in [0.15, 0.2) is 0 Å². The van der Waals surface area contributed by atoms with Gasteiger partial charge in [-0.3, -0.25) is 0 Å². The number of carbonyl (C=O) groups is 1. The highest BCUT2D eigenvalue weighted by Crippen LogP contribution is 2.54. The van der Waals surface area contributed by atoms with Crippen LogP contribution in [0.2, 0.25) is 0 Å². The number of hydrogen-bond donors (Lipinski definition) is 1. The molecule has 7 rings (SSSR count). The van der Waals surface area contributed by atoms with Crippen LogP contribution in [0, 0.1) is 17.1 Å². The summed E-state index contributed by atoms with van der Waals surface area (Å²) < 4.78 is 0. The number of anilines is 2. The molecule has 205 valence electrons. The summed E-state index contributed by atoms with van der Waals surface area (Å²) in [7, 11) is 0. The van der Waals surface area contributed by atoms with E-state index >= 15 is 0 Å². The zero-order valence-electron chi connectivity index (χ0n) is 23.2. The van der Waals surface area contributed by atoms with Crippen LogP contribution in [0.4, 0.5) is 11.4 Å². The Hall–Kier alpha value is -4.53. The minimum atomic E-state index is -1.20. The molecule has 1 saturated carbocycles. The second kappa shape index (κ2) is 10.7. The quantitative estimate of drug-likeness (QED) is 0.126. The van der Waals surface area contributed by atoms with Gasteiger partial charge >= 0.3 is 5.97 Å². The van der Waals surface area contributed by atoms with Gasteiger partial charge in [0, 0.05) is 34.0 Å². The predicted octanol–water partition coefficient (Wildman–Crippen LogP) is 9.31. The fourth-order valence-corrected chi connectivity index (χ4v) is 7.51. The highest BCUT2D eigenvalue weighted by molar-refractivity contribution is 8.01. The number of hydrogen-bond acceptors (Lipinski definition) is 4. The van der Waals surface area contributed by atoms with Crippen LogP contribution in [-0.4, -0.2) is 17.1 Å². The topological polar surface area (TPSA) is 64.3 Å². The average Bonchev–Trinajstić information content (AvgIpc) is 3.68. The molecule has 5 heteroatoms. The van der Waals surface area contributed by atoms with Gasteiger partial charge in [-0.2, -0.15) is 5.26 Å². The zero-order chi connectivity index (χ0) is 28.8. The summed E-state index contributed by atoms with van der Waals surface area (Å²) in [6.45, 7) is 2.05. The van der Waals surface area contributed by atoms with Gasteiger partial charge in [-0.05, 0) is 106 Å². The third kappa shape index (κ3) is 4.44. The molecule has 4 nitrogen and oxygen atoms in total. The highest BCUT2D eigenvalue weighted by atomic mass is 32.2. The van der Waals surface area contributed by atoms with Crippen LogP contribution < -0.4 is 4.90 Å². The van der Waals surface area contributed by atoms with E-state index in [9.17, 15) is 15.2 Å². The lowest BCUT2D eigenvalue weighted by Gasteiger charge is -2.28. The maximum absolute atomic E-state index is 11.4. The highest BCUT2D eigenvalue weighted by Gasteiger charge is 2.42. The zero-order valence-corrected chi connectivity index (χ0v) is 24.1. The van der Waals surface area contributed by atoms with Crippen molar-refractivity contribution in [1.82, 2.24) is 0 Å². The van der Waals surface area contributed by atoms with Gasteiger partial charge in [0.25, 0.3) is 0 Å². The number of carboxylic acids is 1. The van der Waals surface area contributed by atoms with Gasteiger partial charge in [0.1, 0.15) is 11.6 Å². The fraction of sp³-hybridized carbons (Fsp3) is 0.162. The molecule has 0 spiro atoms. The summed E-state index contributed by atoms with van der Waals surface area (Å²) in [6, 6.07) is 32.6. The van der Waals surface area contributed by atoms with Crippen molar-refractivity contribution in [2.45, 2.75) is 43.0 Å². The predicted molar refractivity (Wildman–Crippen MR) is 171 cm³/mol. The van der Waals surface area contributed by atoms with Gasteiger partial charge in [-0.1, -0.05) is 61.9 Å². The lowest BCUT2D eigenvalue weighted by Crippen LogP contribution is -2.26. The summed E-state index contributed by atoms with van der Waals surface area (Å²) in [5, 5.41) is 18.6. The first-order valence-corrected chi connectivity index (χ1v) is 15.2. The molecule has 1 N–H and O–H groups in total. The number of rotatable bonds is 6. The first kappa shape index (κ1) is 26.4. The van der Waals surface area contributed by atoms with Gasteiger partial charge < -0.3 is 10.0 Å². The van der Waals surface area contributed by atoms with Crippen LogP contribution >= 0.6 is 11.8 Å². The molecule has 4 aromatic rings. The third-order valence-corrected chi connectivity index (χ3v) is 9.49. The maximum Gasteiger partial charge on any atom is 0.346 e. The molecule has 1 aliphatic heterocycles. The van der Waals surface area contributed by atoms with E-state index < -0.39 is 5.97 Å². The van der Waals surface area contributed by atoms with E-state index in [1.807, 2.05) is 6.07 Å². The Bertz CT molecular complexity index is 1830. The molecule has 0 saturated heterocycles. The van der Waals surface area contributed by atoms with Crippen LogP contribution in [0.3, 0.4) is 0 Å². The average molecular weight is 566 g/mol. The Balaban J connectivity index is 1.31. The van der Waals surface area contributed by atoms with Gasteiger partial charge in [0.05, 0.1) is 0 Å². The molecule has 2 unspecified atom stereocenters. The standard InChI is InChI=1S/C37H29N2O2S/c1-2-42-27-14-10-23(11-15-27)19-32-29-7-4-3-6-28(29)30-16-13-26(21-33(30)32)39-35-9-5-8-31(35)34-20-24(12-17-36(34)39)18-25(22-38)37(40)41/h2-4,6-7,10-21,31,35H,5,8-9H2,1H3,(H,40,41)/b25-18+,32-19+. The van der Waals surface area contributed by atoms with Crippen LogP contribution in [0.5, 0.6) is 0 Å². The van der Waals surface area contributed by atoms with E-state index in [2.05, 4.69) is 103 Å². The van der Waals surface area contributed by atoms with E-state index in [4.69, 9.17) is 0 Å². The normalized spacial score (nSPS) is 19.3. The van der Waals surface area contributed by atoms with Crippen molar-refractivity contribution in [3.8, 4) is 17.2 Å². The van der Waals surface area contributed by atoms with Crippen molar-refractivity contribution >= 4 is 46.8 Å². The van der Waals surface area contributed by atoms with Gasteiger partial charge in [-0.25, -0.2) is 4.79 Å². The van der Waals surface area contributed by atoms with Crippen LogP contribution in [0.1, 0.15) is 59.9 Å². The second-order valence-corrected chi connectivity index (χ2v) is 12.2. The maximum atomic E-state index is 11.4. The number of aliphatic carboxylic acids is 1.